The van der Waals surface area contributed by atoms with E-state index in [0.29, 0.717) is 0 Å². The third-order valence-electron chi connectivity index (χ3n) is 1.71. The third kappa shape index (κ3) is 2.97. The standard InChI is InChI=1S/C8H10F3N3O/c1-5(12-6(2)15)14-4-3-7(13-14)8(9,10)11/h3-5H,1-2H3,(H,12,15). The van der Waals surface area contributed by atoms with Gasteiger partial charge in [0.2, 0.25) is 5.91 Å². The second-order valence-corrected chi connectivity index (χ2v) is 3.06. The number of rotatable bonds is 2. The average molecular weight is 221 g/mol. The van der Waals surface area contributed by atoms with Gasteiger partial charge in [0.1, 0.15) is 6.17 Å². The number of amides is 1. The Hall–Kier alpha value is -1.53. The first-order chi connectivity index (χ1) is 6.80. The van der Waals surface area contributed by atoms with E-state index in [2.05, 4.69) is 10.4 Å². The van der Waals surface area contributed by atoms with E-state index < -0.39 is 18.0 Å². The molecule has 0 spiro atoms. The van der Waals surface area contributed by atoms with Crippen LogP contribution >= 0.6 is 0 Å². The lowest BCUT2D eigenvalue weighted by atomic mass is 10.4. The number of hydrogen-bond acceptors (Lipinski definition) is 2. The van der Waals surface area contributed by atoms with Crippen LogP contribution in [0.1, 0.15) is 25.7 Å². The van der Waals surface area contributed by atoms with E-state index >= 15 is 0 Å². The predicted octanol–water partition coefficient (Wildman–Crippen LogP) is 1.56. The first-order valence-corrected chi connectivity index (χ1v) is 4.20. The maximum absolute atomic E-state index is 12.2. The molecule has 1 amide bonds. The summed E-state index contributed by atoms with van der Waals surface area (Å²) < 4.78 is 37.5. The van der Waals surface area contributed by atoms with Crippen LogP contribution in [0.3, 0.4) is 0 Å². The van der Waals surface area contributed by atoms with E-state index in [1.165, 1.54) is 20.0 Å². The van der Waals surface area contributed by atoms with Crippen molar-refractivity contribution >= 4 is 5.91 Å². The summed E-state index contributed by atoms with van der Waals surface area (Å²) in [4.78, 5) is 10.7. The molecule has 4 nitrogen and oxygen atoms in total. The molecule has 0 aliphatic carbocycles. The van der Waals surface area contributed by atoms with Gasteiger partial charge in [-0.1, -0.05) is 0 Å². The lowest BCUT2D eigenvalue weighted by molar-refractivity contribution is -0.141. The first-order valence-electron chi connectivity index (χ1n) is 4.20. The quantitative estimate of drug-likeness (QED) is 0.823. The molecule has 0 fully saturated rings. The van der Waals surface area contributed by atoms with Crippen LogP contribution in [0, 0.1) is 0 Å². The minimum atomic E-state index is -4.46. The van der Waals surface area contributed by atoms with Crippen molar-refractivity contribution in [2.75, 3.05) is 0 Å². The molecule has 15 heavy (non-hydrogen) atoms. The molecule has 0 radical (unpaired) electrons. The molecule has 0 aliphatic rings. The van der Waals surface area contributed by atoms with Crippen molar-refractivity contribution in [1.29, 1.82) is 0 Å². The van der Waals surface area contributed by atoms with Gasteiger partial charge in [-0.3, -0.25) is 4.79 Å². The molecule has 1 unspecified atom stereocenters. The summed E-state index contributed by atoms with van der Waals surface area (Å²) in [6.45, 7) is 2.82. The Balaban J connectivity index is 2.80. The zero-order valence-electron chi connectivity index (χ0n) is 8.17. The van der Waals surface area contributed by atoms with Gasteiger partial charge in [-0.05, 0) is 13.0 Å². The fraction of sp³-hybridized carbons (Fsp3) is 0.500. The van der Waals surface area contributed by atoms with Crippen molar-refractivity contribution in [1.82, 2.24) is 15.1 Å². The van der Waals surface area contributed by atoms with Gasteiger partial charge in [-0.15, -0.1) is 0 Å². The molecule has 7 heteroatoms. The van der Waals surface area contributed by atoms with E-state index in [1.54, 1.807) is 0 Å². The third-order valence-corrected chi connectivity index (χ3v) is 1.71. The largest absolute Gasteiger partial charge is 0.435 e. The Morgan fingerprint density at radius 3 is 2.60 bits per heavy atom. The molecule has 1 atom stereocenters. The van der Waals surface area contributed by atoms with Crippen LogP contribution in [0.2, 0.25) is 0 Å². The topological polar surface area (TPSA) is 46.9 Å². The van der Waals surface area contributed by atoms with Gasteiger partial charge in [-0.2, -0.15) is 18.3 Å². The minimum absolute atomic E-state index is 0.327. The lowest BCUT2D eigenvalue weighted by Crippen LogP contribution is -2.28. The highest BCUT2D eigenvalue weighted by molar-refractivity contribution is 5.72. The summed E-state index contributed by atoms with van der Waals surface area (Å²) in [5.41, 5.74) is -0.972. The van der Waals surface area contributed by atoms with Gasteiger partial charge >= 0.3 is 6.18 Å². The van der Waals surface area contributed by atoms with Crippen molar-refractivity contribution in [3.63, 3.8) is 0 Å². The summed E-state index contributed by atoms with van der Waals surface area (Å²) in [6.07, 6.45) is -3.89. The van der Waals surface area contributed by atoms with E-state index in [4.69, 9.17) is 0 Å². The van der Waals surface area contributed by atoms with Crippen LogP contribution in [-0.4, -0.2) is 15.7 Å². The number of nitrogens with zero attached hydrogens (tertiary/aromatic N) is 2. The van der Waals surface area contributed by atoms with Crippen LogP contribution in [0.15, 0.2) is 12.3 Å². The average Bonchev–Trinajstić information content (AvgIpc) is 2.48. The van der Waals surface area contributed by atoms with Crippen molar-refractivity contribution in [2.45, 2.75) is 26.2 Å². The Kier molecular flexibility index (Phi) is 3.01. The Labute approximate surface area is 84.1 Å². The highest BCUT2D eigenvalue weighted by Gasteiger charge is 2.33. The summed E-state index contributed by atoms with van der Waals surface area (Å²) in [7, 11) is 0. The van der Waals surface area contributed by atoms with Gasteiger partial charge in [0.05, 0.1) is 0 Å². The number of carbonyl (C=O) groups is 1. The Morgan fingerprint density at radius 1 is 1.60 bits per heavy atom. The van der Waals surface area contributed by atoms with E-state index in [1.807, 2.05) is 0 Å². The van der Waals surface area contributed by atoms with Crippen LogP contribution < -0.4 is 5.32 Å². The molecule has 1 N–H and O–H groups in total. The van der Waals surface area contributed by atoms with Crippen LogP contribution in [0.4, 0.5) is 13.2 Å². The molecule has 1 heterocycles. The maximum atomic E-state index is 12.2. The molecular weight excluding hydrogens is 211 g/mol. The van der Waals surface area contributed by atoms with Crippen LogP contribution in [0.25, 0.3) is 0 Å². The number of alkyl halides is 3. The van der Waals surface area contributed by atoms with Gasteiger partial charge < -0.3 is 5.32 Å². The molecule has 0 aromatic carbocycles. The molecule has 0 saturated heterocycles. The highest BCUT2D eigenvalue weighted by atomic mass is 19.4. The van der Waals surface area contributed by atoms with E-state index in [-0.39, 0.29) is 5.91 Å². The summed E-state index contributed by atoms with van der Waals surface area (Å²) in [5.74, 6) is -0.327. The molecule has 0 saturated carbocycles. The SMILES string of the molecule is CC(=O)NC(C)n1ccc(C(F)(F)F)n1. The first kappa shape index (κ1) is 11.5. The normalized spacial score (nSPS) is 13.7. The van der Waals surface area contributed by atoms with Crippen molar-refractivity contribution in [3.8, 4) is 0 Å². The predicted molar refractivity (Wildman–Crippen MR) is 45.8 cm³/mol. The van der Waals surface area contributed by atoms with Gasteiger partial charge in [0, 0.05) is 13.1 Å². The zero-order valence-corrected chi connectivity index (χ0v) is 8.17. The van der Waals surface area contributed by atoms with Crippen molar-refractivity contribution < 1.29 is 18.0 Å². The minimum Gasteiger partial charge on any atom is -0.335 e. The molecule has 84 valence electrons. The fourth-order valence-electron chi connectivity index (χ4n) is 1.07. The second kappa shape index (κ2) is 3.92. The monoisotopic (exact) mass is 221 g/mol. The fourth-order valence-corrected chi connectivity index (χ4v) is 1.07. The Bertz CT molecular complexity index is 358. The van der Waals surface area contributed by atoms with Gasteiger partial charge in [0.15, 0.2) is 5.69 Å². The van der Waals surface area contributed by atoms with E-state index in [9.17, 15) is 18.0 Å². The van der Waals surface area contributed by atoms with Crippen molar-refractivity contribution in [3.05, 3.63) is 18.0 Å². The number of hydrogen-bond donors (Lipinski definition) is 1. The number of aromatic nitrogens is 2. The summed E-state index contributed by atoms with van der Waals surface area (Å²) >= 11 is 0. The lowest BCUT2D eigenvalue weighted by Gasteiger charge is -2.12. The van der Waals surface area contributed by atoms with Crippen LogP contribution in [-0.2, 0) is 11.0 Å². The highest BCUT2D eigenvalue weighted by Crippen LogP contribution is 2.27. The van der Waals surface area contributed by atoms with Gasteiger partial charge in [-0.25, -0.2) is 4.68 Å². The molecule has 0 bridgehead atoms. The summed E-state index contributed by atoms with van der Waals surface area (Å²) in [5, 5.41) is 5.73. The number of halogens is 3. The molecule has 1 rings (SSSR count). The van der Waals surface area contributed by atoms with Crippen molar-refractivity contribution in [2.24, 2.45) is 0 Å². The van der Waals surface area contributed by atoms with E-state index in [0.717, 1.165) is 10.7 Å². The number of carbonyl (C=O) groups excluding carboxylic acids is 1. The van der Waals surface area contributed by atoms with Crippen LogP contribution in [0.5, 0.6) is 0 Å². The molecule has 0 aliphatic heterocycles. The molecular formula is C8H10F3N3O. The Morgan fingerprint density at radius 2 is 2.20 bits per heavy atom. The van der Waals surface area contributed by atoms with Gasteiger partial charge in [0.25, 0.3) is 0 Å². The maximum Gasteiger partial charge on any atom is 0.435 e. The zero-order chi connectivity index (χ0) is 11.6. The number of nitrogens with one attached hydrogen (secondary N) is 1. The molecule has 1 aromatic heterocycles. The summed E-state index contributed by atoms with van der Waals surface area (Å²) in [6, 6.07) is 0.859. The second-order valence-electron chi connectivity index (χ2n) is 3.06. The molecule has 1 aromatic rings. The smallest absolute Gasteiger partial charge is 0.335 e.